The first-order valence-electron chi connectivity index (χ1n) is 8.99. The van der Waals surface area contributed by atoms with Crippen LogP contribution in [0.15, 0.2) is 24.3 Å². The van der Waals surface area contributed by atoms with Crippen molar-refractivity contribution in [1.29, 1.82) is 0 Å². The molecule has 1 unspecified atom stereocenters. The van der Waals surface area contributed by atoms with E-state index in [-0.39, 0.29) is 0 Å². The standard InChI is InChI=1S/C19H28ClNS2/c1-2-3-4-5-6-7-8-9-10-11-18-21-23-19(22-18)16-12-14-17(20)15-13-16/h12-15,19H,2-11H2,1H3/p+1. The minimum atomic E-state index is 0.473. The number of thioether (sulfide) groups is 1. The van der Waals surface area contributed by atoms with E-state index in [0.29, 0.717) is 4.58 Å². The molecule has 0 aliphatic carbocycles. The first kappa shape index (κ1) is 19.2. The summed E-state index contributed by atoms with van der Waals surface area (Å²) in [6.45, 7) is 2.28. The minimum absolute atomic E-state index is 0.473. The van der Waals surface area contributed by atoms with Crippen molar-refractivity contribution in [1.82, 2.24) is 0 Å². The summed E-state index contributed by atoms with van der Waals surface area (Å²) in [5.41, 5.74) is 1.35. The molecule has 1 nitrogen and oxygen atoms in total. The second-order valence-corrected chi connectivity index (χ2v) is 9.07. The van der Waals surface area contributed by atoms with E-state index in [0.717, 1.165) is 5.02 Å². The predicted molar refractivity (Wildman–Crippen MR) is 107 cm³/mol. The van der Waals surface area contributed by atoms with Crippen LogP contribution in [-0.2, 0) is 0 Å². The van der Waals surface area contributed by atoms with Gasteiger partial charge < -0.3 is 0 Å². The lowest BCUT2D eigenvalue weighted by molar-refractivity contribution is -0.239. The molecule has 1 aliphatic heterocycles. The van der Waals surface area contributed by atoms with Gasteiger partial charge in [0.25, 0.3) is 0 Å². The van der Waals surface area contributed by atoms with Crippen LogP contribution < -0.4 is 4.40 Å². The van der Waals surface area contributed by atoms with Crippen molar-refractivity contribution in [3.63, 3.8) is 0 Å². The summed E-state index contributed by atoms with van der Waals surface area (Å²) >= 11 is 9.75. The normalized spacial score (nSPS) is 17.5. The van der Waals surface area contributed by atoms with E-state index in [2.05, 4.69) is 23.5 Å². The lowest BCUT2D eigenvalue weighted by atomic mass is 10.1. The maximum atomic E-state index is 5.96. The first-order chi connectivity index (χ1) is 11.3. The molecule has 0 saturated heterocycles. The van der Waals surface area contributed by atoms with Crippen molar-refractivity contribution in [3.05, 3.63) is 34.9 Å². The van der Waals surface area contributed by atoms with E-state index in [1.165, 1.54) is 74.8 Å². The fraction of sp³-hybridized carbons (Fsp3) is 0.632. The molecular formula is C19H29ClNS2+. The summed E-state index contributed by atoms with van der Waals surface area (Å²) in [6, 6.07) is 8.24. The molecule has 0 radical (unpaired) electrons. The molecule has 0 saturated carbocycles. The Balaban J connectivity index is 1.52. The molecule has 1 atom stereocenters. The van der Waals surface area contributed by atoms with E-state index < -0.39 is 0 Å². The summed E-state index contributed by atoms with van der Waals surface area (Å²) in [5.74, 6) is 0. The molecule has 1 heterocycles. The largest absolute Gasteiger partial charge is 0.223 e. The third-order valence-corrected chi connectivity index (χ3v) is 7.06. The van der Waals surface area contributed by atoms with Gasteiger partial charge in [0.15, 0.2) is 16.5 Å². The highest BCUT2D eigenvalue weighted by Gasteiger charge is 2.28. The molecular weight excluding hydrogens is 342 g/mol. The van der Waals surface area contributed by atoms with Gasteiger partial charge in [0.05, 0.1) is 0 Å². The number of unbranched alkanes of at least 4 members (excludes halogenated alkanes) is 8. The monoisotopic (exact) mass is 370 g/mol. The summed E-state index contributed by atoms with van der Waals surface area (Å²) in [6.07, 6.45) is 13.8. The topological polar surface area (TPSA) is 14.0 Å². The Morgan fingerprint density at radius 1 is 0.913 bits per heavy atom. The number of nitrogens with one attached hydrogen (secondary N) is 1. The molecule has 2 rings (SSSR count). The van der Waals surface area contributed by atoms with Gasteiger partial charge in [-0.1, -0.05) is 82.0 Å². The lowest BCUT2D eigenvalue weighted by Gasteiger charge is -2.03. The van der Waals surface area contributed by atoms with Gasteiger partial charge >= 0.3 is 0 Å². The number of halogens is 1. The first-order valence-corrected chi connectivity index (χ1v) is 11.1. The summed E-state index contributed by atoms with van der Waals surface area (Å²) in [4.78, 5) is 0. The third-order valence-electron chi connectivity index (χ3n) is 4.18. The van der Waals surface area contributed by atoms with Crippen LogP contribution in [0.5, 0.6) is 0 Å². The number of benzene rings is 1. The van der Waals surface area contributed by atoms with Crippen molar-refractivity contribution < 1.29 is 4.40 Å². The second kappa shape index (κ2) is 11.4. The van der Waals surface area contributed by atoms with Gasteiger partial charge in [0.2, 0.25) is 5.04 Å². The molecule has 4 heteroatoms. The van der Waals surface area contributed by atoms with Gasteiger partial charge in [-0.25, -0.2) is 0 Å². The molecule has 0 spiro atoms. The fourth-order valence-corrected chi connectivity index (χ4v) is 5.35. The highest BCUT2D eigenvalue weighted by molar-refractivity contribution is 8.24. The maximum Gasteiger partial charge on any atom is 0.223 e. The minimum Gasteiger partial charge on any atom is -0.169 e. The molecule has 1 aliphatic rings. The van der Waals surface area contributed by atoms with Gasteiger partial charge in [-0.15, -0.1) is 0 Å². The Bertz CT molecular complexity index is 473. The molecule has 0 aromatic heterocycles. The van der Waals surface area contributed by atoms with Crippen molar-refractivity contribution in [2.75, 3.05) is 0 Å². The maximum absolute atomic E-state index is 5.96. The lowest BCUT2D eigenvalue weighted by Crippen LogP contribution is -2.59. The predicted octanol–water partition coefficient (Wildman–Crippen LogP) is 6.13. The summed E-state index contributed by atoms with van der Waals surface area (Å²) in [5, 5.41) is 2.26. The van der Waals surface area contributed by atoms with E-state index in [1.807, 2.05) is 35.8 Å². The zero-order valence-corrected chi connectivity index (χ0v) is 16.5. The summed E-state index contributed by atoms with van der Waals surface area (Å²) in [7, 11) is 0. The van der Waals surface area contributed by atoms with Gasteiger partial charge in [-0.05, 0) is 35.9 Å². The Kier molecular flexibility index (Phi) is 9.55. The average Bonchev–Trinajstić information content (AvgIpc) is 3.03. The van der Waals surface area contributed by atoms with E-state index in [1.54, 1.807) is 0 Å². The summed E-state index contributed by atoms with van der Waals surface area (Å²) < 4.78 is 3.98. The van der Waals surface area contributed by atoms with Crippen LogP contribution in [-0.4, -0.2) is 5.04 Å². The molecule has 0 fully saturated rings. The van der Waals surface area contributed by atoms with Crippen molar-refractivity contribution >= 4 is 40.4 Å². The van der Waals surface area contributed by atoms with Crippen molar-refractivity contribution in [2.45, 2.75) is 75.7 Å². The van der Waals surface area contributed by atoms with Crippen LogP contribution in [0.25, 0.3) is 0 Å². The van der Waals surface area contributed by atoms with Crippen molar-refractivity contribution in [2.24, 2.45) is 0 Å². The zero-order valence-electron chi connectivity index (χ0n) is 14.2. The Morgan fingerprint density at radius 2 is 1.52 bits per heavy atom. The smallest absolute Gasteiger partial charge is 0.169 e. The van der Waals surface area contributed by atoms with Crippen LogP contribution in [0.4, 0.5) is 0 Å². The Hall–Kier alpha value is -0.120. The van der Waals surface area contributed by atoms with E-state index in [4.69, 9.17) is 11.6 Å². The number of rotatable bonds is 11. The number of hydrogen-bond donors (Lipinski definition) is 1. The van der Waals surface area contributed by atoms with Gasteiger partial charge in [-0.3, -0.25) is 0 Å². The average molecular weight is 371 g/mol. The van der Waals surface area contributed by atoms with E-state index >= 15 is 0 Å². The molecule has 1 N–H and O–H groups in total. The fourth-order valence-electron chi connectivity index (χ4n) is 2.76. The number of hydrogen-bond acceptors (Lipinski definition) is 2. The van der Waals surface area contributed by atoms with Crippen LogP contribution in [0.2, 0.25) is 5.02 Å². The molecule has 128 valence electrons. The van der Waals surface area contributed by atoms with Crippen LogP contribution in [0.1, 0.15) is 81.3 Å². The molecule has 1 aromatic carbocycles. The quantitative estimate of drug-likeness (QED) is 0.371. The van der Waals surface area contributed by atoms with Gasteiger partial charge in [0, 0.05) is 11.4 Å². The van der Waals surface area contributed by atoms with Crippen LogP contribution in [0, 0.1) is 0 Å². The van der Waals surface area contributed by atoms with E-state index in [9.17, 15) is 0 Å². The molecule has 23 heavy (non-hydrogen) atoms. The molecule has 0 bridgehead atoms. The van der Waals surface area contributed by atoms with Gasteiger partial charge in [0.1, 0.15) is 0 Å². The Labute approximate surface area is 155 Å². The highest BCUT2D eigenvalue weighted by atomic mass is 35.5. The van der Waals surface area contributed by atoms with Crippen molar-refractivity contribution in [3.8, 4) is 0 Å². The molecule has 0 amide bonds. The zero-order chi connectivity index (χ0) is 16.3. The Morgan fingerprint density at radius 3 is 2.17 bits per heavy atom. The second-order valence-electron chi connectivity index (χ2n) is 6.22. The third kappa shape index (κ3) is 7.53. The molecule has 1 aromatic rings. The van der Waals surface area contributed by atoms with Crippen LogP contribution >= 0.6 is 35.3 Å². The van der Waals surface area contributed by atoms with Crippen LogP contribution in [0.3, 0.4) is 0 Å². The SMILES string of the molecule is CCCCCCCCCCCC1=[NH+]SC(c2ccc(Cl)cc2)S1. The van der Waals surface area contributed by atoms with Gasteiger partial charge in [-0.2, -0.15) is 4.40 Å². The highest BCUT2D eigenvalue weighted by Crippen LogP contribution is 2.39.